The molecule has 0 aliphatic carbocycles. The van der Waals surface area contributed by atoms with E-state index in [4.69, 9.17) is 9.47 Å². The van der Waals surface area contributed by atoms with E-state index in [0.29, 0.717) is 49.6 Å². The van der Waals surface area contributed by atoms with Crippen molar-refractivity contribution in [1.82, 2.24) is 14.9 Å². The number of rotatable bonds is 4. The van der Waals surface area contributed by atoms with Gasteiger partial charge >= 0.3 is 6.09 Å². The van der Waals surface area contributed by atoms with Crippen molar-refractivity contribution in [2.45, 2.75) is 26.4 Å². The molecule has 0 atom stereocenters. The summed E-state index contributed by atoms with van der Waals surface area (Å²) < 4.78 is 24.4. The third kappa shape index (κ3) is 5.71. The zero-order valence-corrected chi connectivity index (χ0v) is 18.1. The van der Waals surface area contributed by atoms with E-state index >= 15 is 0 Å². The smallest absolute Gasteiger partial charge is 0.410 e. The minimum atomic E-state index is -0.524. The minimum absolute atomic E-state index is 0.314. The van der Waals surface area contributed by atoms with Crippen LogP contribution in [0.1, 0.15) is 20.8 Å². The van der Waals surface area contributed by atoms with Gasteiger partial charge in [-0.25, -0.2) is 9.18 Å². The first-order chi connectivity index (χ1) is 14.1. The van der Waals surface area contributed by atoms with Crippen molar-refractivity contribution in [3.8, 4) is 11.6 Å². The van der Waals surface area contributed by atoms with Gasteiger partial charge in [0.2, 0.25) is 11.8 Å². The Hall–Kier alpha value is -3.10. The number of hydrogen-bond acceptors (Lipinski definition) is 7. The maximum Gasteiger partial charge on any atom is 0.410 e. The third-order valence-corrected chi connectivity index (χ3v) is 4.39. The maximum atomic E-state index is 13.2. The molecule has 2 aromatic rings. The average Bonchev–Trinajstić information content (AvgIpc) is 2.68. The van der Waals surface area contributed by atoms with E-state index < -0.39 is 5.60 Å². The van der Waals surface area contributed by atoms with Crippen molar-refractivity contribution in [2.75, 3.05) is 50.1 Å². The highest BCUT2D eigenvalue weighted by molar-refractivity contribution is 5.68. The van der Waals surface area contributed by atoms with Crippen LogP contribution in [0.2, 0.25) is 0 Å². The van der Waals surface area contributed by atoms with Gasteiger partial charge in [0, 0.05) is 46.3 Å². The number of carbonyl (C=O) groups is 1. The Balaban J connectivity index is 1.73. The molecule has 0 radical (unpaired) electrons. The van der Waals surface area contributed by atoms with Crippen molar-refractivity contribution >= 4 is 17.9 Å². The number of halogens is 1. The standard InChI is InChI=1S/C21H28FN5O3/c1-21(2,3)30-20(28)27-12-10-26(11-13-27)19-23-17(25(4)5)14-18(24-19)29-16-8-6-15(22)7-9-16/h6-9,14H,10-13H2,1-5H3. The first kappa shape index (κ1) is 21.6. The summed E-state index contributed by atoms with van der Waals surface area (Å²) in [5.74, 6) is 1.72. The molecule has 0 bridgehead atoms. The Morgan fingerprint density at radius 1 is 1.07 bits per heavy atom. The van der Waals surface area contributed by atoms with E-state index in [1.54, 1.807) is 23.1 Å². The summed E-state index contributed by atoms with van der Waals surface area (Å²) in [5.41, 5.74) is -0.524. The molecule has 1 amide bonds. The second-order valence-electron chi connectivity index (χ2n) is 8.27. The maximum absolute atomic E-state index is 13.2. The van der Waals surface area contributed by atoms with E-state index in [1.807, 2.05) is 44.7 Å². The molecular formula is C21H28FN5O3. The molecule has 1 aromatic carbocycles. The fourth-order valence-corrected chi connectivity index (χ4v) is 2.86. The van der Waals surface area contributed by atoms with Crippen LogP contribution in [0.3, 0.4) is 0 Å². The van der Waals surface area contributed by atoms with Gasteiger partial charge in [0.25, 0.3) is 0 Å². The first-order valence-corrected chi connectivity index (χ1v) is 9.83. The molecule has 0 spiro atoms. The Labute approximate surface area is 176 Å². The molecule has 0 unspecified atom stereocenters. The SMILES string of the molecule is CN(C)c1cc(Oc2ccc(F)cc2)nc(N2CCN(C(=O)OC(C)(C)C)CC2)n1. The molecule has 1 fully saturated rings. The normalized spacial score (nSPS) is 14.5. The molecule has 1 aromatic heterocycles. The number of benzene rings is 1. The third-order valence-electron chi connectivity index (χ3n) is 4.39. The van der Waals surface area contributed by atoms with Crippen LogP contribution in [0.25, 0.3) is 0 Å². The molecule has 2 heterocycles. The van der Waals surface area contributed by atoms with Crippen LogP contribution in [0.5, 0.6) is 11.6 Å². The van der Waals surface area contributed by atoms with Crippen LogP contribution in [-0.2, 0) is 4.74 Å². The first-order valence-electron chi connectivity index (χ1n) is 9.83. The van der Waals surface area contributed by atoms with Gasteiger partial charge in [-0.05, 0) is 45.0 Å². The van der Waals surface area contributed by atoms with Crippen LogP contribution in [0, 0.1) is 5.82 Å². The van der Waals surface area contributed by atoms with E-state index in [1.165, 1.54) is 12.1 Å². The van der Waals surface area contributed by atoms with E-state index in [0.717, 1.165) is 0 Å². The van der Waals surface area contributed by atoms with Gasteiger partial charge in [-0.15, -0.1) is 0 Å². The summed E-state index contributed by atoms with van der Waals surface area (Å²) in [5, 5.41) is 0. The Kier molecular flexibility index (Phi) is 6.28. The molecule has 8 nitrogen and oxygen atoms in total. The van der Waals surface area contributed by atoms with Crippen molar-refractivity contribution in [2.24, 2.45) is 0 Å². The van der Waals surface area contributed by atoms with Crippen LogP contribution >= 0.6 is 0 Å². The number of piperazine rings is 1. The van der Waals surface area contributed by atoms with Crippen LogP contribution in [0.4, 0.5) is 21.0 Å². The number of amides is 1. The molecule has 0 saturated carbocycles. The molecule has 1 aliphatic heterocycles. The van der Waals surface area contributed by atoms with Gasteiger partial charge in [-0.1, -0.05) is 0 Å². The number of carbonyl (C=O) groups excluding carboxylic acids is 1. The van der Waals surface area contributed by atoms with Gasteiger partial charge in [-0.2, -0.15) is 9.97 Å². The van der Waals surface area contributed by atoms with Crippen LogP contribution in [-0.4, -0.2) is 66.8 Å². The topological polar surface area (TPSA) is 71.0 Å². The lowest BCUT2D eigenvalue weighted by molar-refractivity contribution is 0.0240. The highest BCUT2D eigenvalue weighted by atomic mass is 19.1. The largest absolute Gasteiger partial charge is 0.444 e. The highest BCUT2D eigenvalue weighted by Crippen LogP contribution is 2.26. The zero-order valence-electron chi connectivity index (χ0n) is 18.1. The van der Waals surface area contributed by atoms with Gasteiger partial charge in [0.15, 0.2) is 0 Å². The fraction of sp³-hybridized carbons (Fsp3) is 0.476. The molecule has 1 saturated heterocycles. The highest BCUT2D eigenvalue weighted by Gasteiger charge is 2.27. The number of aromatic nitrogens is 2. The quantitative estimate of drug-likeness (QED) is 0.754. The average molecular weight is 417 g/mol. The van der Waals surface area contributed by atoms with Crippen LogP contribution in [0.15, 0.2) is 30.3 Å². The van der Waals surface area contributed by atoms with Crippen molar-refractivity contribution in [3.05, 3.63) is 36.1 Å². The number of nitrogens with zero attached hydrogens (tertiary/aromatic N) is 5. The van der Waals surface area contributed by atoms with E-state index in [-0.39, 0.29) is 11.9 Å². The summed E-state index contributed by atoms with van der Waals surface area (Å²) in [6.45, 7) is 7.73. The lowest BCUT2D eigenvalue weighted by Gasteiger charge is -2.35. The van der Waals surface area contributed by atoms with Crippen molar-refractivity contribution in [1.29, 1.82) is 0 Å². The Morgan fingerprint density at radius 3 is 2.27 bits per heavy atom. The number of anilines is 2. The molecule has 3 rings (SSSR count). The predicted molar refractivity (Wildman–Crippen MR) is 113 cm³/mol. The molecule has 0 N–H and O–H groups in total. The van der Waals surface area contributed by atoms with E-state index in [9.17, 15) is 9.18 Å². The number of ether oxygens (including phenoxy) is 2. The molecule has 1 aliphatic rings. The Morgan fingerprint density at radius 2 is 1.70 bits per heavy atom. The van der Waals surface area contributed by atoms with Gasteiger partial charge in [0.05, 0.1) is 0 Å². The molecule has 30 heavy (non-hydrogen) atoms. The molecular weight excluding hydrogens is 389 g/mol. The summed E-state index contributed by atoms with van der Waals surface area (Å²) in [7, 11) is 3.77. The second kappa shape index (κ2) is 8.73. The predicted octanol–water partition coefficient (Wildman–Crippen LogP) is 3.53. The lowest BCUT2D eigenvalue weighted by atomic mass is 10.2. The number of hydrogen-bond donors (Lipinski definition) is 0. The minimum Gasteiger partial charge on any atom is -0.444 e. The van der Waals surface area contributed by atoms with Gasteiger partial charge in [0.1, 0.15) is 23.0 Å². The summed E-state index contributed by atoms with van der Waals surface area (Å²) in [6, 6.07) is 7.49. The Bertz CT molecular complexity index is 875. The van der Waals surface area contributed by atoms with Crippen molar-refractivity contribution < 1.29 is 18.7 Å². The van der Waals surface area contributed by atoms with Crippen LogP contribution < -0.4 is 14.5 Å². The summed E-state index contributed by atoms with van der Waals surface area (Å²) in [4.78, 5) is 27.0. The van der Waals surface area contributed by atoms with Crippen molar-refractivity contribution in [3.63, 3.8) is 0 Å². The monoisotopic (exact) mass is 417 g/mol. The summed E-state index contributed by atoms with van der Waals surface area (Å²) >= 11 is 0. The lowest BCUT2D eigenvalue weighted by Crippen LogP contribution is -2.50. The van der Waals surface area contributed by atoms with E-state index in [2.05, 4.69) is 9.97 Å². The fourth-order valence-electron chi connectivity index (χ4n) is 2.86. The van der Waals surface area contributed by atoms with Gasteiger partial charge in [-0.3, -0.25) is 0 Å². The second-order valence-corrected chi connectivity index (χ2v) is 8.27. The molecule has 9 heteroatoms. The summed E-state index contributed by atoms with van der Waals surface area (Å²) in [6.07, 6.45) is -0.314. The zero-order chi connectivity index (χ0) is 21.9. The van der Waals surface area contributed by atoms with Gasteiger partial charge < -0.3 is 24.2 Å². The molecule has 162 valence electrons.